The Labute approximate surface area is 122 Å². The molecule has 3 nitrogen and oxygen atoms in total. The first-order valence-electron chi connectivity index (χ1n) is 7.10. The summed E-state index contributed by atoms with van der Waals surface area (Å²) >= 11 is 0. The molecule has 118 valence electrons. The average molecular weight is 303 g/mol. The van der Waals surface area contributed by atoms with Crippen molar-refractivity contribution in [2.45, 2.75) is 45.2 Å². The van der Waals surface area contributed by atoms with Gasteiger partial charge >= 0.3 is 6.36 Å². The number of likely N-dealkylation sites (tertiary alicyclic amines) is 1. The van der Waals surface area contributed by atoms with E-state index in [9.17, 15) is 13.2 Å². The van der Waals surface area contributed by atoms with Crippen LogP contribution in [0.4, 0.5) is 13.2 Å². The van der Waals surface area contributed by atoms with Gasteiger partial charge in [0.15, 0.2) is 0 Å². The molecule has 1 aliphatic heterocycles. The molecule has 1 aromatic rings. The van der Waals surface area contributed by atoms with Crippen molar-refractivity contribution >= 4 is 0 Å². The Hall–Kier alpha value is -1.43. The Bertz CT molecular complexity index is 437. The lowest BCUT2D eigenvalue weighted by Gasteiger charge is -2.34. The summed E-state index contributed by atoms with van der Waals surface area (Å²) in [5, 5.41) is 0. The third kappa shape index (κ3) is 5.12. The SMILES string of the molecule is CC(C)N1CCC(Oc2ccc(OC(F)(F)F)cc2)CC1. The zero-order valence-corrected chi connectivity index (χ0v) is 12.2. The lowest BCUT2D eigenvalue weighted by molar-refractivity contribution is -0.274. The Balaban J connectivity index is 1.84. The Morgan fingerprint density at radius 1 is 1.05 bits per heavy atom. The normalized spacial score (nSPS) is 18.0. The molecule has 1 saturated heterocycles. The van der Waals surface area contributed by atoms with Crippen LogP contribution in [0.15, 0.2) is 24.3 Å². The summed E-state index contributed by atoms with van der Waals surface area (Å²) in [6.45, 7) is 6.30. The average Bonchev–Trinajstić information content (AvgIpc) is 2.40. The molecular weight excluding hydrogens is 283 g/mol. The van der Waals surface area contributed by atoms with Gasteiger partial charge in [0, 0.05) is 19.1 Å². The van der Waals surface area contributed by atoms with E-state index in [1.807, 2.05) is 0 Å². The van der Waals surface area contributed by atoms with Crippen molar-refractivity contribution in [2.75, 3.05) is 13.1 Å². The predicted octanol–water partition coefficient (Wildman–Crippen LogP) is 3.84. The molecule has 0 spiro atoms. The van der Waals surface area contributed by atoms with Crippen LogP contribution >= 0.6 is 0 Å². The summed E-state index contributed by atoms with van der Waals surface area (Å²) in [7, 11) is 0. The van der Waals surface area contributed by atoms with Gasteiger partial charge in [-0.15, -0.1) is 13.2 Å². The number of alkyl halides is 3. The van der Waals surface area contributed by atoms with E-state index in [-0.39, 0.29) is 11.9 Å². The zero-order valence-electron chi connectivity index (χ0n) is 12.2. The molecule has 1 fully saturated rings. The summed E-state index contributed by atoms with van der Waals surface area (Å²) in [6, 6.07) is 6.09. The summed E-state index contributed by atoms with van der Waals surface area (Å²) in [5.41, 5.74) is 0. The second-order valence-corrected chi connectivity index (χ2v) is 5.47. The topological polar surface area (TPSA) is 21.7 Å². The van der Waals surface area contributed by atoms with E-state index in [4.69, 9.17) is 4.74 Å². The van der Waals surface area contributed by atoms with Gasteiger partial charge in [0.25, 0.3) is 0 Å². The summed E-state index contributed by atoms with van der Waals surface area (Å²) < 4.78 is 45.8. The molecule has 0 amide bonds. The fourth-order valence-electron chi connectivity index (χ4n) is 2.42. The van der Waals surface area contributed by atoms with Crippen molar-refractivity contribution < 1.29 is 22.6 Å². The van der Waals surface area contributed by atoms with Gasteiger partial charge in [0.1, 0.15) is 17.6 Å². The largest absolute Gasteiger partial charge is 0.573 e. The fraction of sp³-hybridized carbons (Fsp3) is 0.600. The third-order valence-corrected chi connectivity index (χ3v) is 3.57. The van der Waals surface area contributed by atoms with Crippen molar-refractivity contribution in [1.82, 2.24) is 4.90 Å². The Kier molecular flexibility index (Phi) is 4.98. The van der Waals surface area contributed by atoms with Crippen molar-refractivity contribution in [3.8, 4) is 11.5 Å². The van der Waals surface area contributed by atoms with Crippen LogP contribution in [0.2, 0.25) is 0 Å². The van der Waals surface area contributed by atoms with Crippen LogP contribution in [0.3, 0.4) is 0 Å². The highest BCUT2D eigenvalue weighted by Gasteiger charge is 2.31. The molecule has 0 saturated carbocycles. The molecule has 0 bridgehead atoms. The minimum atomic E-state index is -4.66. The number of halogens is 3. The molecular formula is C15H20F3NO2. The van der Waals surface area contributed by atoms with Crippen LogP contribution in [0, 0.1) is 0 Å². The van der Waals surface area contributed by atoms with Crippen molar-refractivity contribution in [2.24, 2.45) is 0 Å². The van der Waals surface area contributed by atoms with E-state index in [0.717, 1.165) is 25.9 Å². The molecule has 1 aliphatic rings. The summed E-state index contributed by atoms with van der Waals surface area (Å²) in [6.07, 6.45) is -2.68. The molecule has 0 atom stereocenters. The van der Waals surface area contributed by atoms with Gasteiger partial charge < -0.3 is 14.4 Å². The van der Waals surface area contributed by atoms with Gasteiger partial charge in [0.05, 0.1) is 0 Å². The summed E-state index contributed by atoms with van der Waals surface area (Å²) in [5.74, 6) is 0.344. The van der Waals surface area contributed by atoms with E-state index in [0.29, 0.717) is 11.8 Å². The number of hydrogen-bond acceptors (Lipinski definition) is 3. The van der Waals surface area contributed by atoms with Gasteiger partial charge in [-0.1, -0.05) is 0 Å². The van der Waals surface area contributed by atoms with Crippen molar-refractivity contribution in [3.05, 3.63) is 24.3 Å². The molecule has 0 unspecified atom stereocenters. The van der Waals surface area contributed by atoms with E-state index in [1.54, 1.807) is 0 Å². The van der Waals surface area contributed by atoms with Crippen molar-refractivity contribution in [3.63, 3.8) is 0 Å². The molecule has 0 aromatic heterocycles. The zero-order chi connectivity index (χ0) is 15.5. The maximum Gasteiger partial charge on any atom is 0.573 e. The maximum absolute atomic E-state index is 12.1. The van der Waals surface area contributed by atoms with Gasteiger partial charge in [-0.3, -0.25) is 0 Å². The molecule has 0 aliphatic carbocycles. The third-order valence-electron chi connectivity index (χ3n) is 3.57. The summed E-state index contributed by atoms with van der Waals surface area (Å²) in [4.78, 5) is 2.39. The van der Waals surface area contributed by atoms with Gasteiger partial charge in [-0.05, 0) is 51.0 Å². The lowest BCUT2D eigenvalue weighted by atomic mass is 10.1. The highest BCUT2D eigenvalue weighted by molar-refractivity contribution is 5.31. The molecule has 1 heterocycles. The first-order chi connectivity index (χ1) is 9.83. The van der Waals surface area contributed by atoms with Gasteiger partial charge in [0.2, 0.25) is 0 Å². The predicted molar refractivity (Wildman–Crippen MR) is 73.5 cm³/mol. The van der Waals surface area contributed by atoms with Crippen LogP contribution in [0.25, 0.3) is 0 Å². The minimum absolute atomic E-state index is 0.120. The Morgan fingerprint density at radius 2 is 1.57 bits per heavy atom. The molecule has 2 rings (SSSR count). The molecule has 1 aromatic carbocycles. The molecule has 0 radical (unpaired) electrons. The second kappa shape index (κ2) is 6.56. The Morgan fingerprint density at radius 3 is 2.05 bits per heavy atom. The van der Waals surface area contributed by atoms with Crippen molar-refractivity contribution in [1.29, 1.82) is 0 Å². The van der Waals surface area contributed by atoms with Crippen LogP contribution in [0.1, 0.15) is 26.7 Å². The fourth-order valence-corrected chi connectivity index (χ4v) is 2.42. The van der Waals surface area contributed by atoms with E-state index in [2.05, 4.69) is 23.5 Å². The highest BCUT2D eigenvalue weighted by atomic mass is 19.4. The minimum Gasteiger partial charge on any atom is -0.490 e. The second-order valence-electron chi connectivity index (χ2n) is 5.47. The highest BCUT2D eigenvalue weighted by Crippen LogP contribution is 2.26. The standard InChI is InChI=1S/C15H20F3NO2/c1-11(2)19-9-7-13(8-10-19)20-12-3-5-14(6-4-12)21-15(16,17)18/h3-6,11,13H,7-10H2,1-2H3. The van der Waals surface area contributed by atoms with Crippen LogP contribution < -0.4 is 9.47 Å². The molecule has 21 heavy (non-hydrogen) atoms. The van der Waals surface area contributed by atoms with Gasteiger partial charge in [-0.2, -0.15) is 0 Å². The molecule has 6 heteroatoms. The van der Waals surface area contributed by atoms with E-state index in [1.165, 1.54) is 24.3 Å². The maximum atomic E-state index is 12.1. The molecule has 0 N–H and O–H groups in total. The van der Waals surface area contributed by atoms with Crippen LogP contribution in [-0.2, 0) is 0 Å². The number of rotatable bonds is 4. The first kappa shape index (κ1) is 15.9. The van der Waals surface area contributed by atoms with Crippen LogP contribution in [0.5, 0.6) is 11.5 Å². The van der Waals surface area contributed by atoms with E-state index >= 15 is 0 Å². The number of hydrogen-bond donors (Lipinski definition) is 0. The number of benzene rings is 1. The lowest BCUT2D eigenvalue weighted by Crippen LogP contribution is -2.41. The van der Waals surface area contributed by atoms with Gasteiger partial charge in [-0.25, -0.2) is 0 Å². The quantitative estimate of drug-likeness (QED) is 0.843. The van der Waals surface area contributed by atoms with Crippen LogP contribution in [-0.4, -0.2) is 36.5 Å². The number of nitrogens with zero attached hydrogens (tertiary/aromatic N) is 1. The monoisotopic (exact) mass is 303 g/mol. The number of ether oxygens (including phenoxy) is 2. The number of piperidine rings is 1. The smallest absolute Gasteiger partial charge is 0.490 e. The van der Waals surface area contributed by atoms with E-state index < -0.39 is 6.36 Å². The first-order valence-corrected chi connectivity index (χ1v) is 7.10.